The molecule has 3 rings (SSSR count). The topological polar surface area (TPSA) is 120 Å². The van der Waals surface area contributed by atoms with Crippen LogP contribution in [0.25, 0.3) is 11.1 Å². The number of halogens is 3. The van der Waals surface area contributed by atoms with Crippen LogP contribution >= 0.6 is 0 Å². The number of carbonyl (C=O) groups is 1. The van der Waals surface area contributed by atoms with E-state index in [0.29, 0.717) is 24.2 Å². The van der Waals surface area contributed by atoms with Crippen molar-refractivity contribution in [1.29, 1.82) is 0 Å². The van der Waals surface area contributed by atoms with Crippen LogP contribution in [0.3, 0.4) is 0 Å². The SMILES string of the molecule is CNCCNCCS(=O)(=O)Nc1cc(NC(=O)c2ccc(-c3ccc(C(F)(F)F)cc3)cc2)ccc1O. The zero-order valence-corrected chi connectivity index (χ0v) is 20.7. The van der Waals surface area contributed by atoms with Gasteiger partial charge >= 0.3 is 6.18 Å². The van der Waals surface area contributed by atoms with Gasteiger partial charge in [0.1, 0.15) is 5.75 Å². The molecule has 0 aliphatic rings. The summed E-state index contributed by atoms with van der Waals surface area (Å²) < 4.78 is 65.3. The van der Waals surface area contributed by atoms with Gasteiger partial charge in [-0.15, -0.1) is 0 Å². The van der Waals surface area contributed by atoms with E-state index in [2.05, 4.69) is 20.7 Å². The fraction of sp³-hybridized carbons (Fsp3) is 0.240. The molecule has 3 aromatic carbocycles. The average molecular weight is 537 g/mol. The summed E-state index contributed by atoms with van der Waals surface area (Å²) in [4.78, 5) is 12.7. The molecule has 0 fully saturated rings. The zero-order chi connectivity index (χ0) is 27.1. The number of amides is 1. The van der Waals surface area contributed by atoms with E-state index in [1.165, 1.54) is 42.5 Å². The molecule has 0 aromatic heterocycles. The average Bonchev–Trinajstić information content (AvgIpc) is 2.85. The molecule has 0 bridgehead atoms. The first-order chi connectivity index (χ1) is 17.5. The van der Waals surface area contributed by atoms with Gasteiger partial charge in [-0.05, 0) is 60.6 Å². The third kappa shape index (κ3) is 8.20. The second kappa shape index (κ2) is 12.1. The molecule has 0 atom stereocenters. The van der Waals surface area contributed by atoms with Crippen molar-refractivity contribution in [1.82, 2.24) is 10.6 Å². The summed E-state index contributed by atoms with van der Waals surface area (Å²) in [6.45, 7) is 1.51. The van der Waals surface area contributed by atoms with Gasteiger partial charge in [0.05, 0.1) is 17.0 Å². The third-order valence-electron chi connectivity index (χ3n) is 5.31. The lowest BCUT2D eigenvalue weighted by molar-refractivity contribution is -0.137. The van der Waals surface area contributed by atoms with E-state index in [0.717, 1.165) is 12.1 Å². The highest BCUT2D eigenvalue weighted by atomic mass is 32.2. The van der Waals surface area contributed by atoms with Crippen LogP contribution < -0.4 is 20.7 Å². The van der Waals surface area contributed by atoms with E-state index < -0.39 is 27.7 Å². The van der Waals surface area contributed by atoms with Gasteiger partial charge in [-0.3, -0.25) is 9.52 Å². The van der Waals surface area contributed by atoms with Gasteiger partial charge in [-0.25, -0.2) is 8.42 Å². The van der Waals surface area contributed by atoms with Gasteiger partial charge in [-0.2, -0.15) is 13.2 Å². The Balaban J connectivity index is 1.64. The van der Waals surface area contributed by atoms with Gasteiger partial charge in [0.25, 0.3) is 5.91 Å². The number of hydrogen-bond acceptors (Lipinski definition) is 6. The number of carbonyl (C=O) groups excluding carboxylic acids is 1. The Hall–Kier alpha value is -3.61. The number of sulfonamides is 1. The predicted molar refractivity (Wildman–Crippen MR) is 137 cm³/mol. The fourth-order valence-electron chi connectivity index (χ4n) is 3.33. The number of alkyl halides is 3. The van der Waals surface area contributed by atoms with Crippen molar-refractivity contribution in [3.63, 3.8) is 0 Å². The first kappa shape index (κ1) is 28.0. The van der Waals surface area contributed by atoms with Crippen molar-refractivity contribution in [2.75, 3.05) is 42.5 Å². The lowest BCUT2D eigenvalue weighted by Crippen LogP contribution is -2.31. The number of phenolic OH excluding ortho intramolecular Hbond substituents is 1. The molecule has 0 spiro atoms. The maximum Gasteiger partial charge on any atom is 0.416 e. The number of hydrogen-bond donors (Lipinski definition) is 5. The Labute approximate surface area is 213 Å². The summed E-state index contributed by atoms with van der Waals surface area (Å²) in [7, 11) is -1.97. The molecule has 1 amide bonds. The van der Waals surface area contributed by atoms with Crippen molar-refractivity contribution in [2.45, 2.75) is 6.18 Å². The quantitative estimate of drug-likeness (QED) is 0.144. The maximum atomic E-state index is 12.8. The molecular weight excluding hydrogens is 509 g/mol. The summed E-state index contributed by atoms with van der Waals surface area (Å²) >= 11 is 0. The molecule has 3 aromatic rings. The predicted octanol–water partition coefficient (Wildman–Crippen LogP) is 3.88. The van der Waals surface area contributed by atoms with Crippen molar-refractivity contribution in [3.8, 4) is 16.9 Å². The second-order valence-electron chi connectivity index (χ2n) is 8.11. The molecule has 0 heterocycles. The molecule has 12 heteroatoms. The maximum absolute atomic E-state index is 12.8. The van der Waals surface area contributed by atoms with Crippen LogP contribution in [0.1, 0.15) is 15.9 Å². The van der Waals surface area contributed by atoms with E-state index in [1.807, 2.05) is 0 Å². The standard InChI is InChI=1S/C25H27F3N4O4S/c1-29-12-13-30-14-15-37(35,36)32-22-16-21(10-11-23(22)33)31-24(34)19-4-2-17(3-5-19)18-6-8-20(9-7-18)25(26,27)28/h2-11,16,29-30,32-33H,12-15H2,1H3,(H,31,34). The first-order valence-electron chi connectivity index (χ1n) is 11.3. The number of phenols is 1. The summed E-state index contributed by atoms with van der Waals surface area (Å²) in [5.74, 6) is -1.00. The molecular formula is C25H27F3N4O4S. The molecule has 0 unspecified atom stereocenters. The van der Waals surface area contributed by atoms with Crippen LogP contribution in [0.4, 0.5) is 24.5 Å². The summed E-state index contributed by atoms with van der Waals surface area (Å²) in [5.41, 5.74) is 0.896. The largest absolute Gasteiger partial charge is 0.506 e. The van der Waals surface area contributed by atoms with E-state index in [9.17, 15) is 31.5 Å². The Morgan fingerprint density at radius 3 is 2.11 bits per heavy atom. The third-order valence-corrected chi connectivity index (χ3v) is 6.58. The molecule has 5 N–H and O–H groups in total. The minimum absolute atomic E-state index is 0.0781. The molecule has 0 saturated heterocycles. The van der Waals surface area contributed by atoms with Gasteiger partial charge in [-0.1, -0.05) is 24.3 Å². The minimum Gasteiger partial charge on any atom is -0.506 e. The summed E-state index contributed by atoms with van der Waals surface area (Å²) in [5, 5.41) is 18.6. The van der Waals surface area contributed by atoms with Gasteiger partial charge < -0.3 is 21.1 Å². The molecule has 0 aliphatic carbocycles. The van der Waals surface area contributed by atoms with Crippen molar-refractivity contribution < 1.29 is 31.5 Å². The Morgan fingerprint density at radius 2 is 1.51 bits per heavy atom. The number of benzene rings is 3. The number of aromatic hydroxyl groups is 1. The summed E-state index contributed by atoms with van der Waals surface area (Å²) in [6, 6.07) is 14.9. The highest BCUT2D eigenvalue weighted by Gasteiger charge is 2.30. The van der Waals surface area contributed by atoms with Crippen LogP contribution in [-0.4, -0.2) is 51.9 Å². The van der Waals surface area contributed by atoms with E-state index >= 15 is 0 Å². The van der Waals surface area contributed by atoms with E-state index in [4.69, 9.17) is 0 Å². The fourth-order valence-corrected chi connectivity index (χ4v) is 4.34. The summed E-state index contributed by atoms with van der Waals surface area (Å²) in [6.07, 6.45) is -4.42. The Bertz CT molecular complexity index is 1310. The van der Waals surface area contributed by atoms with Crippen molar-refractivity contribution >= 4 is 27.3 Å². The smallest absolute Gasteiger partial charge is 0.416 e. The number of likely N-dealkylation sites (N-methyl/N-ethyl adjacent to an activating group) is 1. The number of nitrogens with one attached hydrogen (secondary N) is 4. The highest BCUT2D eigenvalue weighted by Crippen LogP contribution is 2.31. The van der Waals surface area contributed by atoms with Gasteiger partial charge in [0, 0.05) is 30.9 Å². The lowest BCUT2D eigenvalue weighted by Gasteiger charge is -2.13. The zero-order valence-electron chi connectivity index (χ0n) is 19.9. The van der Waals surface area contributed by atoms with Crippen LogP contribution in [0.15, 0.2) is 66.7 Å². The minimum atomic E-state index is -4.42. The number of rotatable bonds is 11. The van der Waals surface area contributed by atoms with Crippen LogP contribution in [0.5, 0.6) is 5.75 Å². The lowest BCUT2D eigenvalue weighted by atomic mass is 10.0. The monoisotopic (exact) mass is 536 g/mol. The second-order valence-corrected chi connectivity index (χ2v) is 9.95. The van der Waals surface area contributed by atoms with E-state index in [-0.39, 0.29) is 35.0 Å². The van der Waals surface area contributed by atoms with Gasteiger partial charge in [0.2, 0.25) is 10.0 Å². The Morgan fingerprint density at radius 1 is 0.892 bits per heavy atom. The molecule has 37 heavy (non-hydrogen) atoms. The van der Waals surface area contributed by atoms with Crippen LogP contribution in [0.2, 0.25) is 0 Å². The van der Waals surface area contributed by atoms with E-state index in [1.54, 1.807) is 19.2 Å². The molecule has 0 aliphatic heterocycles. The molecule has 0 radical (unpaired) electrons. The molecule has 198 valence electrons. The highest BCUT2D eigenvalue weighted by molar-refractivity contribution is 7.92. The van der Waals surface area contributed by atoms with Crippen LogP contribution in [-0.2, 0) is 16.2 Å². The molecule has 0 saturated carbocycles. The van der Waals surface area contributed by atoms with Crippen molar-refractivity contribution in [2.24, 2.45) is 0 Å². The molecule has 8 nitrogen and oxygen atoms in total. The Kier molecular flexibility index (Phi) is 9.14. The number of anilines is 2. The van der Waals surface area contributed by atoms with Crippen LogP contribution in [0, 0.1) is 0 Å². The normalized spacial score (nSPS) is 11.8. The van der Waals surface area contributed by atoms with Gasteiger partial charge in [0.15, 0.2) is 0 Å². The first-order valence-corrected chi connectivity index (χ1v) is 12.9. The van der Waals surface area contributed by atoms with Crippen molar-refractivity contribution in [3.05, 3.63) is 77.9 Å².